The summed E-state index contributed by atoms with van der Waals surface area (Å²) < 4.78 is 13.6. The van der Waals surface area contributed by atoms with Crippen LogP contribution in [0.15, 0.2) is 0 Å². The first-order chi connectivity index (χ1) is 6.83. The molecule has 0 aliphatic carbocycles. The van der Waals surface area contributed by atoms with Gasteiger partial charge in [0.05, 0.1) is 19.8 Å². The second-order valence-corrected chi connectivity index (χ2v) is 3.16. The fraction of sp³-hybridized carbons (Fsp3) is 1.00. The van der Waals surface area contributed by atoms with Gasteiger partial charge >= 0.3 is 8.69 Å². The van der Waals surface area contributed by atoms with Crippen molar-refractivity contribution in [2.24, 2.45) is 0 Å². The van der Waals surface area contributed by atoms with Gasteiger partial charge in [-0.05, 0) is 0 Å². The highest BCUT2D eigenvalue weighted by molar-refractivity contribution is 7.17. The molecule has 0 aromatic rings. The van der Waals surface area contributed by atoms with E-state index in [1.807, 2.05) is 0 Å². The second kappa shape index (κ2) is 19.4. The number of halogens is 3. The fourth-order valence-corrected chi connectivity index (χ4v) is 0.729. The zero-order valence-corrected chi connectivity index (χ0v) is 10.6. The van der Waals surface area contributed by atoms with Gasteiger partial charge in [0, 0.05) is 17.6 Å². The Hall–Kier alpha value is 0.850. The van der Waals surface area contributed by atoms with E-state index in [-0.39, 0.29) is 8.69 Å². The summed E-state index contributed by atoms with van der Waals surface area (Å²) in [6, 6.07) is 0. The second-order valence-electron chi connectivity index (χ2n) is 1.62. The minimum Gasteiger partial charge on any atom is -0.293 e. The van der Waals surface area contributed by atoms with Gasteiger partial charge in [-0.2, -0.15) is 0 Å². The molecule has 0 rings (SSSR count). The van der Waals surface area contributed by atoms with Crippen molar-refractivity contribution in [3.05, 3.63) is 0 Å². The predicted molar refractivity (Wildman–Crippen MR) is 57.6 cm³/mol. The van der Waals surface area contributed by atoms with E-state index in [0.29, 0.717) is 37.5 Å². The molecule has 0 aromatic carbocycles. The van der Waals surface area contributed by atoms with Crippen molar-refractivity contribution in [2.75, 3.05) is 37.5 Å². The minimum absolute atomic E-state index is 0.289. The molecule has 0 aromatic heterocycles. The van der Waals surface area contributed by atoms with Crippen molar-refractivity contribution < 1.29 is 18.9 Å². The number of rotatable bonds is 8. The molecule has 0 N–H and O–H groups in total. The Bertz CT molecular complexity index is 103. The molecule has 0 spiro atoms. The molecule has 0 saturated heterocycles. The van der Waals surface area contributed by atoms with Crippen LogP contribution < -0.4 is 0 Å². The molecule has 14 heavy (non-hydrogen) atoms. The highest BCUT2D eigenvalue weighted by Gasteiger charge is 1.83. The van der Waals surface area contributed by atoms with Crippen LogP contribution >= 0.6 is 43.5 Å². The Balaban J connectivity index is 0. The van der Waals surface area contributed by atoms with E-state index in [1.54, 1.807) is 0 Å². The lowest BCUT2D eigenvalue weighted by molar-refractivity contribution is -0.286. The summed E-state index contributed by atoms with van der Waals surface area (Å²) in [5.41, 5.74) is 0. The predicted octanol–water partition coefficient (Wildman–Crippen LogP) is 2.86. The normalized spacial score (nSPS) is 9.64. The summed E-state index contributed by atoms with van der Waals surface area (Å²) in [5, 5.41) is 0. The van der Waals surface area contributed by atoms with Crippen LogP contribution in [0.25, 0.3) is 0 Å². The van der Waals surface area contributed by atoms with Gasteiger partial charge in [-0.1, -0.05) is 0 Å². The standard InChI is InChI=1S/C4H8Cl2O2.C2H4ClO2P/c5-1-3-7-8-4-2-6;3-1-2-5-6-4/h1-4H2;1-2H2. The molecule has 86 valence electrons. The summed E-state index contributed by atoms with van der Waals surface area (Å²) in [4.78, 5) is 9.01. The maximum atomic E-state index is 9.38. The molecule has 0 aliphatic rings. The minimum atomic E-state index is -0.289. The average Bonchev–Trinajstić information content (AvgIpc) is 2.22. The van der Waals surface area contributed by atoms with E-state index in [9.17, 15) is 4.57 Å². The van der Waals surface area contributed by atoms with Crippen LogP contribution in [0.4, 0.5) is 0 Å². The highest BCUT2D eigenvalue weighted by Crippen LogP contribution is 1.92. The maximum Gasteiger partial charge on any atom is 0.327 e. The lowest BCUT2D eigenvalue weighted by Gasteiger charge is -1.96. The number of hydrogen-bond acceptors (Lipinski definition) is 4. The Morgan fingerprint density at radius 3 is 1.50 bits per heavy atom. The quantitative estimate of drug-likeness (QED) is 0.226. The molecule has 0 amide bonds. The molecule has 4 nitrogen and oxygen atoms in total. The Morgan fingerprint density at radius 1 is 0.857 bits per heavy atom. The molecular weight excluding hydrogens is 273 g/mol. The van der Waals surface area contributed by atoms with Crippen LogP contribution in [0, 0.1) is 0 Å². The van der Waals surface area contributed by atoms with Crippen molar-refractivity contribution >= 4 is 43.5 Å². The first-order valence-electron chi connectivity index (χ1n) is 3.70. The van der Waals surface area contributed by atoms with Crippen LogP contribution in [0.2, 0.25) is 0 Å². The first-order valence-corrected chi connectivity index (χ1v) is 6.03. The SMILES string of the molecule is ClCCOOCCCl.O=POCCCl. The smallest absolute Gasteiger partial charge is 0.293 e. The molecule has 0 aliphatic heterocycles. The lowest BCUT2D eigenvalue weighted by Crippen LogP contribution is -1.99. The molecule has 0 saturated carbocycles. The third kappa shape index (κ3) is 23.0. The Kier molecular flexibility index (Phi) is 23.9. The van der Waals surface area contributed by atoms with E-state index in [4.69, 9.17) is 34.8 Å². The first kappa shape index (κ1) is 17.3. The van der Waals surface area contributed by atoms with Gasteiger partial charge in [0.1, 0.15) is 0 Å². The third-order valence-corrected chi connectivity index (χ3v) is 1.38. The zero-order valence-electron chi connectivity index (χ0n) is 7.46. The Labute approximate surface area is 100.0 Å². The van der Waals surface area contributed by atoms with Crippen LogP contribution in [-0.4, -0.2) is 37.5 Å². The van der Waals surface area contributed by atoms with Gasteiger partial charge in [0.2, 0.25) is 0 Å². The van der Waals surface area contributed by atoms with Gasteiger partial charge in [-0.25, -0.2) is 14.3 Å². The van der Waals surface area contributed by atoms with Crippen molar-refractivity contribution in [2.45, 2.75) is 0 Å². The van der Waals surface area contributed by atoms with E-state index in [2.05, 4.69) is 14.3 Å². The molecule has 0 heterocycles. The number of alkyl halides is 3. The van der Waals surface area contributed by atoms with E-state index >= 15 is 0 Å². The summed E-state index contributed by atoms with van der Waals surface area (Å²) in [6.07, 6.45) is 0. The van der Waals surface area contributed by atoms with Gasteiger partial charge in [0.15, 0.2) is 0 Å². The summed E-state index contributed by atoms with van der Waals surface area (Å²) in [6.45, 7) is 1.18. The topological polar surface area (TPSA) is 44.8 Å². The Morgan fingerprint density at radius 2 is 1.29 bits per heavy atom. The van der Waals surface area contributed by atoms with Crippen molar-refractivity contribution in [1.29, 1.82) is 0 Å². The van der Waals surface area contributed by atoms with Gasteiger partial charge in [0.25, 0.3) is 0 Å². The fourth-order valence-electron chi connectivity index (χ4n) is 0.253. The van der Waals surface area contributed by atoms with Gasteiger partial charge in [-0.15, -0.1) is 34.8 Å². The molecule has 8 heteroatoms. The molecule has 0 fully saturated rings. The summed E-state index contributed by atoms with van der Waals surface area (Å²) in [5.74, 6) is 1.29. The number of hydrogen-bond donors (Lipinski definition) is 0. The van der Waals surface area contributed by atoms with E-state index in [0.717, 1.165) is 0 Å². The zero-order chi connectivity index (χ0) is 11.1. The monoisotopic (exact) mass is 284 g/mol. The van der Waals surface area contributed by atoms with Gasteiger partial charge < -0.3 is 0 Å². The van der Waals surface area contributed by atoms with Crippen LogP contribution in [0.1, 0.15) is 0 Å². The summed E-state index contributed by atoms with van der Waals surface area (Å²) >= 11 is 15.6. The molecule has 0 bridgehead atoms. The molecule has 0 atom stereocenters. The average molecular weight is 285 g/mol. The van der Waals surface area contributed by atoms with Crippen molar-refractivity contribution in [3.63, 3.8) is 0 Å². The van der Waals surface area contributed by atoms with Crippen LogP contribution in [0.3, 0.4) is 0 Å². The molecular formula is C6H12Cl3O4P. The van der Waals surface area contributed by atoms with Gasteiger partial charge in [-0.3, -0.25) is 4.52 Å². The largest absolute Gasteiger partial charge is 0.327 e. The lowest BCUT2D eigenvalue weighted by atomic mass is 10.9. The maximum absolute atomic E-state index is 9.38. The third-order valence-electron chi connectivity index (χ3n) is 0.625. The van der Waals surface area contributed by atoms with Crippen molar-refractivity contribution in [1.82, 2.24) is 0 Å². The molecule has 0 radical (unpaired) electrons. The van der Waals surface area contributed by atoms with Crippen LogP contribution in [0.5, 0.6) is 0 Å². The highest BCUT2D eigenvalue weighted by atomic mass is 35.5. The molecule has 0 unspecified atom stereocenters. The van der Waals surface area contributed by atoms with E-state index in [1.165, 1.54) is 0 Å². The summed E-state index contributed by atoms with van der Waals surface area (Å²) in [7, 11) is -0.289. The van der Waals surface area contributed by atoms with Crippen LogP contribution in [-0.2, 0) is 18.9 Å². The van der Waals surface area contributed by atoms with E-state index < -0.39 is 0 Å². The van der Waals surface area contributed by atoms with Crippen molar-refractivity contribution in [3.8, 4) is 0 Å².